The summed E-state index contributed by atoms with van der Waals surface area (Å²) in [5, 5.41) is 11.8. The number of amides is 1. The monoisotopic (exact) mass is 513 g/mol. The molecule has 0 fully saturated rings. The summed E-state index contributed by atoms with van der Waals surface area (Å²) in [6.45, 7) is 1.42. The fraction of sp³-hybridized carbons (Fsp3) is 0.400. The van der Waals surface area contributed by atoms with Gasteiger partial charge in [0.25, 0.3) is 0 Å². The molecule has 2 unspecified atom stereocenters. The third-order valence-corrected chi connectivity index (χ3v) is 5.78. The summed E-state index contributed by atoms with van der Waals surface area (Å²) in [6.07, 6.45) is 0.483. The highest BCUT2D eigenvalue weighted by Gasteiger charge is 2.25. The number of nitrogens with one attached hydrogen (secondary N) is 3. The van der Waals surface area contributed by atoms with Gasteiger partial charge >= 0.3 is 0 Å². The molecule has 0 radical (unpaired) electrons. The van der Waals surface area contributed by atoms with Gasteiger partial charge < -0.3 is 20.9 Å². The Labute approximate surface area is 187 Å². The second-order valence-corrected chi connectivity index (χ2v) is 7.84. The average molecular weight is 513 g/mol. The Bertz CT molecular complexity index is 794. The van der Waals surface area contributed by atoms with Crippen LogP contribution in [0, 0.1) is 0 Å². The molecule has 2 heterocycles. The van der Waals surface area contributed by atoms with E-state index in [9.17, 15) is 4.79 Å². The van der Waals surface area contributed by atoms with Crippen LogP contribution in [0.3, 0.4) is 0 Å². The number of guanidine groups is 1. The molecule has 1 aromatic heterocycles. The predicted molar refractivity (Wildman–Crippen MR) is 128 cm³/mol. The maximum absolute atomic E-state index is 12.0. The van der Waals surface area contributed by atoms with Crippen molar-refractivity contribution in [2.75, 3.05) is 39.5 Å². The molecule has 152 valence electrons. The molecule has 1 aromatic carbocycles. The van der Waals surface area contributed by atoms with E-state index >= 15 is 0 Å². The smallest absolute Gasteiger partial charge is 0.225 e. The number of benzene rings is 1. The van der Waals surface area contributed by atoms with Crippen LogP contribution in [-0.4, -0.2) is 51.0 Å². The second kappa shape index (κ2) is 10.8. The molecular formula is C20H28IN5OS. The number of fused-ring (bicyclic) bond motifs is 1. The van der Waals surface area contributed by atoms with Crippen molar-refractivity contribution in [3.63, 3.8) is 0 Å². The first-order chi connectivity index (χ1) is 13.1. The van der Waals surface area contributed by atoms with E-state index in [0.717, 1.165) is 18.2 Å². The van der Waals surface area contributed by atoms with Gasteiger partial charge in [0.1, 0.15) is 0 Å². The Kier molecular flexibility index (Phi) is 8.71. The lowest BCUT2D eigenvalue weighted by Crippen LogP contribution is -2.43. The number of hydrogen-bond donors (Lipinski definition) is 3. The Morgan fingerprint density at radius 3 is 2.75 bits per heavy atom. The fourth-order valence-corrected chi connectivity index (χ4v) is 4.26. The summed E-state index contributed by atoms with van der Waals surface area (Å²) < 4.78 is 0. The van der Waals surface area contributed by atoms with Gasteiger partial charge in [0.05, 0.1) is 6.04 Å². The van der Waals surface area contributed by atoms with Crippen LogP contribution in [0.25, 0.3) is 0 Å². The van der Waals surface area contributed by atoms with Crippen molar-refractivity contribution in [2.24, 2.45) is 4.99 Å². The van der Waals surface area contributed by atoms with Gasteiger partial charge in [-0.1, -0.05) is 24.3 Å². The lowest BCUT2D eigenvalue weighted by atomic mass is 9.90. The van der Waals surface area contributed by atoms with Crippen molar-refractivity contribution >= 4 is 52.9 Å². The Morgan fingerprint density at radius 1 is 1.29 bits per heavy atom. The number of likely N-dealkylation sites (N-methyl/N-ethyl adjacent to an activating group) is 1. The predicted octanol–water partition coefficient (Wildman–Crippen LogP) is 3.26. The van der Waals surface area contributed by atoms with E-state index in [1.807, 2.05) is 18.2 Å². The summed E-state index contributed by atoms with van der Waals surface area (Å²) >= 11 is 1.76. The zero-order valence-corrected chi connectivity index (χ0v) is 19.6. The number of carbonyl (C=O) groups excluding carboxylic acids is 1. The van der Waals surface area contributed by atoms with Gasteiger partial charge in [0, 0.05) is 43.0 Å². The van der Waals surface area contributed by atoms with Crippen LogP contribution in [0.5, 0.6) is 0 Å². The number of para-hydroxylation sites is 1. The van der Waals surface area contributed by atoms with Crippen LogP contribution < -0.4 is 16.0 Å². The maximum atomic E-state index is 12.0. The summed E-state index contributed by atoms with van der Waals surface area (Å²) in [4.78, 5) is 19.8. The minimum absolute atomic E-state index is 0. The minimum Gasteiger partial charge on any atom is -0.356 e. The maximum Gasteiger partial charge on any atom is 0.225 e. The Morgan fingerprint density at radius 2 is 2.07 bits per heavy atom. The van der Waals surface area contributed by atoms with Gasteiger partial charge in [-0.2, -0.15) is 0 Å². The zero-order chi connectivity index (χ0) is 19.2. The number of halogens is 1. The fourth-order valence-electron chi connectivity index (χ4n) is 3.34. The van der Waals surface area contributed by atoms with Crippen molar-refractivity contribution in [3.05, 3.63) is 52.2 Å². The molecule has 2 atom stereocenters. The van der Waals surface area contributed by atoms with E-state index in [4.69, 9.17) is 0 Å². The molecule has 0 spiro atoms. The van der Waals surface area contributed by atoms with Crippen molar-refractivity contribution < 1.29 is 4.79 Å². The first-order valence-electron chi connectivity index (χ1n) is 9.11. The number of hydrogen-bond acceptors (Lipinski definition) is 4. The molecule has 1 aliphatic rings. The van der Waals surface area contributed by atoms with Crippen LogP contribution in [0.15, 0.2) is 46.8 Å². The number of rotatable bonds is 6. The van der Waals surface area contributed by atoms with E-state index < -0.39 is 0 Å². The van der Waals surface area contributed by atoms with Gasteiger partial charge in [0.15, 0.2) is 5.96 Å². The topological polar surface area (TPSA) is 68.8 Å². The molecule has 1 aliphatic heterocycles. The molecule has 1 amide bonds. The molecule has 28 heavy (non-hydrogen) atoms. The van der Waals surface area contributed by atoms with Gasteiger partial charge in [-0.15, -0.1) is 35.3 Å². The zero-order valence-electron chi connectivity index (χ0n) is 16.4. The third-order valence-electron chi connectivity index (χ3n) is 4.80. The van der Waals surface area contributed by atoms with Gasteiger partial charge in [0.2, 0.25) is 5.91 Å². The van der Waals surface area contributed by atoms with Gasteiger partial charge in [-0.25, -0.2) is 0 Å². The highest BCUT2D eigenvalue weighted by atomic mass is 127. The minimum atomic E-state index is 0. The number of carbonyl (C=O) groups is 1. The van der Waals surface area contributed by atoms with Crippen molar-refractivity contribution in [1.29, 1.82) is 0 Å². The SMILES string of the molecule is CN=C(NCC1CC(=O)Nc2ccccc21)NCC(c1cccs1)N(C)C.I. The molecule has 2 aromatic rings. The Hall–Kier alpha value is -1.65. The lowest BCUT2D eigenvalue weighted by molar-refractivity contribution is -0.116. The molecule has 0 bridgehead atoms. The van der Waals surface area contributed by atoms with Crippen molar-refractivity contribution in [3.8, 4) is 0 Å². The first-order valence-corrected chi connectivity index (χ1v) is 9.99. The summed E-state index contributed by atoms with van der Waals surface area (Å²) in [5.41, 5.74) is 2.08. The standard InChI is InChI=1S/C20H27N5OS.HI/c1-21-20(23-13-17(25(2)3)18-9-6-10-27-18)22-12-14-11-19(26)24-16-8-5-4-7-15(14)16;/h4-10,14,17H,11-13H2,1-3H3,(H,24,26)(H2,21,22,23);1H. The number of thiophene rings is 1. The van der Waals surface area contributed by atoms with Crippen LogP contribution in [0.2, 0.25) is 0 Å². The summed E-state index contributed by atoms with van der Waals surface area (Å²) in [7, 11) is 5.94. The van der Waals surface area contributed by atoms with Crippen molar-refractivity contribution in [1.82, 2.24) is 15.5 Å². The first kappa shape index (κ1) is 22.6. The Balaban J connectivity index is 0.00000280. The number of aliphatic imine (C=N–C) groups is 1. The third kappa shape index (κ3) is 5.68. The van der Waals surface area contributed by atoms with Crippen LogP contribution in [0.4, 0.5) is 5.69 Å². The van der Waals surface area contributed by atoms with Gasteiger partial charge in [-0.05, 0) is 37.2 Å². The second-order valence-electron chi connectivity index (χ2n) is 6.87. The van der Waals surface area contributed by atoms with Crippen LogP contribution >= 0.6 is 35.3 Å². The van der Waals surface area contributed by atoms with Crippen LogP contribution in [-0.2, 0) is 4.79 Å². The highest BCUT2D eigenvalue weighted by molar-refractivity contribution is 14.0. The van der Waals surface area contributed by atoms with Gasteiger partial charge in [-0.3, -0.25) is 9.79 Å². The molecule has 8 heteroatoms. The quantitative estimate of drug-likeness (QED) is 0.315. The highest BCUT2D eigenvalue weighted by Crippen LogP contribution is 2.31. The largest absolute Gasteiger partial charge is 0.356 e. The molecule has 0 saturated carbocycles. The van der Waals surface area contributed by atoms with Crippen molar-refractivity contribution in [2.45, 2.75) is 18.4 Å². The summed E-state index contributed by atoms with van der Waals surface area (Å²) in [5.74, 6) is 0.950. The molecule has 0 aliphatic carbocycles. The van der Waals surface area contributed by atoms with Crippen LogP contribution in [0.1, 0.15) is 28.8 Å². The number of nitrogens with zero attached hydrogens (tertiary/aromatic N) is 2. The average Bonchev–Trinajstić information content (AvgIpc) is 3.18. The van der Waals surface area contributed by atoms with E-state index in [2.05, 4.69) is 63.5 Å². The molecule has 3 rings (SSSR count). The molecule has 0 saturated heterocycles. The number of anilines is 1. The molecule has 3 N–H and O–H groups in total. The lowest BCUT2D eigenvalue weighted by Gasteiger charge is -2.27. The van der Waals surface area contributed by atoms with E-state index in [1.165, 1.54) is 10.4 Å². The molecule has 6 nitrogen and oxygen atoms in total. The van der Waals surface area contributed by atoms with E-state index in [1.54, 1.807) is 18.4 Å². The van der Waals surface area contributed by atoms with E-state index in [0.29, 0.717) is 13.0 Å². The molecular weight excluding hydrogens is 485 g/mol. The normalized spacial score (nSPS) is 17.4. The summed E-state index contributed by atoms with van der Waals surface area (Å²) in [6, 6.07) is 12.5. The van der Waals surface area contributed by atoms with E-state index in [-0.39, 0.29) is 41.8 Å².